The summed E-state index contributed by atoms with van der Waals surface area (Å²) in [6.45, 7) is 3.05. The minimum Gasteiger partial charge on any atom is -0.383 e. The molecular formula is C12H16N4O4. The molecule has 2 heterocycles. The quantitative estimate of drug-likeness (QED) is 0.626. The van der Waals surface area contributed by atoms with E-state index in [-0.39, 0.29) is 17.1 Å². The molecule has 1 amide bonds. The highest BCUT2D eigenvalue weighted by Gasteiger charge is 2.30. The molecule has 0 aromatic carbocycles. The Morgan fingerprint density at radius 2 is 2.20 bits per heavy atom. The third-order valence-corrected chi connectivity index (χ3v) is 3.37. The summed E-state index contributed by atoms with van der Waals surface area (Å²) >= 11 is 0. The van der Waals surface area contributed by atoms with Crippen LogP contribution in [0.1, 0.15) is 30.1 Å². The van der Waals surface area contributed by atoms with Gasteiger partial charge >= 0.3 is 0 Å². The number of nitrogens with zero attached hydrogens (tertiary/aromatic N) is 2. The van der Waals surface area contributed by atoms with Gasteiger partial charge < -0.3 is 15.8 Å². The number of ether oxygens (including phenoxy) is 1. The maximum absolute atomic E-state index is 12.2. The molecule has 8 heteroatoms. The second-order valence-corrected chi connectivity index (χ2v) is 5.01. The lowest BCUT2D eigenvalue weighted by Crippen LogP contribution is -2.49. The van der Waals surface area contributed by atoms with Gasteiger partial charge in [0.05, 0.1) is 10.5 Å². The number of nitrogens with one attached hydrogen (secondary N) is 1. The summed E-state index contributed by atoms with van der Waals surface area (Å²) in [7, 11) is 0. The lowest BCUT2D eigenvalue weighted by atomic mass is 9.92. The monoisotopic (exact) mass is 280 g/mol. The molecule has 1 fully saturated rings. The van der Waals surface area contributed by atoms with Crippen molar-refractivity contribution in [3.8, 4) is 0 Å². The lowest BCUT2D eigenvalue weighted by molar-refractivity contribution is -0.385. The van der Waals surface area contributed by atoms with Crippen LogP contribution < -0.4 is 11.1 Å². The number of nitrogens with two attached hydrogens (primary N) is 1. The van der Waals surface area contributed by atoms with Crippen LogP contribution in [0.5, 0.6) is 0 Å². The van der Waals surface area contributed by atoms with E-state index in [0.717, 1.165) is 12.3 Å². The molecule has 1 aromatic rings. The first-order valence-corrected chi connectivity index (χ1v) is 6.21. The van der Waals surface area contributed by atoms with Crippen LogP contribution in [0.2, 0.25) is 0 Å². The van der Waals surface area contributed by atoms with E-state index in [4.69, 9.17) is 10.5 Å². The van der Waals surface area contributed by atoms with Crippen LogP contribution in [0.4, 0.5) is 11.5 Å². The Bertz CT molecular complexity index is 540. The van der Waals surface area contributed by atoms with Gasteiger partial charge in [0.25, 0.3) is 11.6 Å². The number of nitro groups is 1. The zero-order chi connectivity index (χ0) is 14.8. The zero-order valence-electron chi connectivity index (χ0n) is 11.1. The van der Waals surface area contributed by atoms with Crippen LogP contribution in [-0.2, 0) is 4.74 Å². The first kappa shape index (κ1) is 14.2. The van der Waals surface area contributed by atoms with Crippen molar-refractivity contribution in [2.45, 2.75) is 25.3 Å². The molecule has 1 aromatic heterocycles. The fourth-order valence-corrected chi connectivity index (χ4v) is 2.03. The van der Waals surface area contributed by atoms with Gasteiger partial charge in [0.2, 0.25) is 0 Å². The van der Waals surface area contributed by atoms with Crippen molar-refractivity contribution in [3.05, 3.63) is 27.9 Å². The third kappa shape index (κ3) is 3.02. The van der Waals surface area contributed by atoms with Gasteiger partial charge in [-0.3, -0.25) is 14.9 Å². The second kappa shape index (κ2) is 5.41. The number of hydrogen-bond acceptors (Lipinski definition) is 6. The number of carbonyl (C=O) groups excluding carboxylic acids is 1. The van der Waals surface area contributed by atoms with Crippen LogP contribution >= 0.6 is 0 Å². The first-order chi connectivity index (χ1) is 9.41. The summed E-state index contributed by atoms with van der Waals surface area (Å²) in [5.74, 6) is -0.480. The standard InChI is InChI=1S/C12H16N4O4/c1-12(2-4-20-5-3-12)15-11(17)9-6-8(16(18)19)7-14-10(9)13/h6-7H,2-5H2,1H3,(H2,13,14)(H,15,17). The first-order valence-electron chi connectivity index (χ1n) is 6.21. The van der Waals surface area contributed by atoms with E-state index < -0.39 is 16.4 Å². The van der Waals surface area contributed by atoms with Gasteiger partial charge in [0.15, 0.2) is 0 Å². The normalized spacial score (nSPS) is 17.4. The van der Waals surface area contributed by atoms with Crippen molar-refractivity contribution >= 4 is 17.4 Å². The summed E-state index contributed by atoms with van der Waals surface area (Å²) in [4.78, 5) is 26.0. The summed E-state index contributed by atoms with van der Waals surface area (Å²) in [6.07, 6.45) is 2.39. The maximum atomic E-state index is 12.2. The highest BCUT2D eigenvalue weighted by molar-refractivity contribution is 5.99. The number of amides is 1. The van der Waals surface area contributed by atoms with Crippen LogP contribution in [0.15, 0.2) is 12.3 Å². The Balaban J connectivity index is 2.20. The largest absolute Gasteiger partial charge is 0.383 e. The van der Waals surface area contributed by atoms with Gasteiger partial charge in [0.1, 0.15) is 12.0 Å². The Morgan fingerprint density at radius 3 is 2.80 bits per heavy atom. The minimum atomic E-state index is -0.612. The van der Waals surface area contributed by atoms with E-state index in [1.54, 1.807) is 0 Å². The van der Waals surface area contributed by atoms with E-state index >= 15 is 0 Å². The number of nitrogen functional groups attached to an aromatic ring is 1. The second-order valence-electron chi connectivity index (χ2n) is 5.01. The molecule has 0 spiro atoms. The number of rotatable bonds is 3. The van der Waals surface area contributed by atoms with E-state index in [1.165, 1.54) is 0 Å². The topological polar surface area (TPSA) is 120 Å². The SMILES string of the molecule is CC1(NC(=O)c2cc([N+](=O)[O-])cnc2N)CCOCC1. The predicted octanol–water partition coefficient (Wildman–Crippen LogP) is 0.871. The van der Waals surface area contributed by atoms with Crippen LogP contribution in [0.25, 0.3) is 0 Å². The molecule has 1 aliphatic heterocycles. The van der Waals surface area contributed by atoms with Crippen molar-refractivity contribution in [2.24, 2.45) is 0 Å². The summed E-state index contributed by atoms with van der Waals surface area (Å²) in [5.41, 5.74) is 4.98. The molecule has 0 radical (unpaired) electrons. The Hall–Kier alpha value is -2.22. The summed E-state index contributed by atoms with van der Waals surface area (Å²) < 4.78 is 5.25. The van der Waals surface area contributed by atoms with Crippen LogP contribution in [0.3, 0.4) is 0 Å². The van der Waals surface area contributed by atoms with Crippen molar-refractivity contribution < 1.29 is 14.5 Å². The van der Waals surface area contributed by atoms with Gasteiger partial charge in [-0.15, -0.1) is 0 Å². The minimum absolute atomic E-state index is 0.0203. The number of carbonyl (C=O) groups is 1. The van der Waals surface area contributed by atoms with Gasteiger partial charge in [-0.05, 0) is 19.8 Å². The lowest BCUT2D eigenvalue weighted by Gasteiger charge is -2.34. The molecule has 0 atom stereocenters. The average Bonchev–Trinajstić information content (AvgIpc) is 2.39. The van der Waals surface area contributed by atoms with Crippen LogP contribution in [-0.4, -0.2) is 34.6 Å². The van der Waals surface area contributed by atoms with Crippen molar-refractivity contribution in [1.82, 2.24) is 10.3 Å². The van der Waals surface area contributed by atoms with Crippen molar-refractivity contribution in [3.63, 3.8) is 0 Å². The van der Waals surface area contributed by atoms with Gasteiger partial charge in [-0.1, -0.05) is 0 Å². The van der Waals surface area contributed by atoms with E-state index in [9.17, 15) is 14.9 Å². The molecular weight excluding hydrogens is 264 g/mol. The molecule has 1 aliphatic rings. The van der Waals surface area contributed by atoms with Gasteiger partial charge in [-0.2, -0.15) is 0 Å². The van der Waals surface area contributed by atoms with E-state index in [0.29, 0.717) is 26.1 Å². The van der Waals surface area contributed by atoms with Crippen molar-refractivity contribution in [2.75, 3.05) is 18.9 Å². The molecule has 8 nitrogen and oxygen atoms in total. The molecule has 1 saturated heterocycles. The van der Waals surface area contributed by atoms with Crippen molar-refractivity contribution in [1.29, 1.82) is 0 Å². The Morgan fingerprint density at radius 1 is 1.55 bits per heavy atom. The fourth-order valence-electron chi connectivity index (χ4n) is 2.03. The number of hydrogen-bond donors (Lipinski definition) is 2. The van der Waals surface area contributed by atoms with E-state index in [2.05, 4.69) is 10.3 Å². The smallest absolute Gasteiger partial charge is 0.288 e. The average molecular weight is 280 g/mol. The maximum Gasteiger partial charge on any atom is 0.288 e. The molecule has 0 aliphatic carbocycles. The highest BCUT2D eigenvalue weighted by Crippen LogP contribution is 2.22. The molecule has 0 bridgehead atoms. The Labute approximate surface area is 115 Å². The molecule has 2 rings (SSSR count). The summed E-state index contributed by atoms with van der Waals surface area (Å²) in [6, 6.07) is 1.14. The van der Waals surface area contributed by atoms with E-state index in [1.807, 2.05) is 6.92 Å². The molecule has 108 valence electrons. The highest BCUT2D eigenvalue weighted by atomic mass is 16.6. The number of aromatic nitrogens is 1. The molecule has 0 saturated carbocycles. The van der Waals surface area contributed by atoms with Gasteiger partial charge in [-0.25, -0.2) is 4.98 Å². The number of pyridine rings is 1. The fraction of sp³-hybridized carbons (Fsp3) is 0.500. The number of anilines is 1. The zero-order valence-corrected chi connectivity index (χ0v) is 11.1. The molecule has 20 heavy (non-hydrogen) atoms. The predicted molar refractivity (Wildman–Crippen MR) is 71.2 cm³/mol. The molecule has 3 N–H and O–H groups in total. The Kier molecular flexibility index (Phi) is 3.84. The third-order valence-electron chi connectivity index (χ3n) is 3.37. The summed E-state index contributed by atoms with van der Waals surface area (Å²) in [5, 5.41) is 13.6. The molecule has 0 unspecified atom stereocenters. The van der Waals surface area contributed by atoms with Crippen LogP contribution in [0, 0.1) is 10.1 Å². The van der Waals surface area contributed by atoms with Gasteiger partial charge in [0, 0.05) is 24.8 Å².